The number of likely N-dealkylation sites (tertiary alicyclic amines) is 1. The molecule has 0 atom stereocenters. The van der Waals surface area contributed by atoms with E-state index in [1.807, 2.05) is 47.8 Å². The Balaban J connectivity index is 1.31. The van der Waals surface area contributed by atoms with Crippen LogP contribution in [-0.4, -0.2) is 40.8 Å². The largest absolute Gasteiger partial charge is 0.349 e. The normalized spacial score (nSPS) is 14.4. The SMILES string of the molecule is O=C(NC1CCN(C(=O)c2ccccc2F)CC1)c1cc(-c2cccs2)nc2ccccc12. The van der Waals surface area contributed by atoms with Gasteiger partial charge in [0.1, 0.15) is 5.82 Å². The van der Waals surface area contributed by atoms with Crippen molar-refractivity contribution in [2.45, 2.75) is 18.9 Å². The van der Waals surface area contributed by atoms with E-state index in [4.69, 9.17) is 4.98 Å². The van der Waals surface area contributed by atoms with E-state index in [1.54, 1.807) is 28.4 Å². The summed E-state index contributed by atoms with van der Waals surface area (Å²) >= 11 is 1.58. The van der Waals surface area contributed by atoms with Gasteiger partial charge >= 0.3 is 0 Å². The van der Waals surface area contributed by atoms with E-state index in [0.29, 0.717) is 31.5 Å². The molecule has 33 heavy (non-hydrogen) atoms. The number of rotatable bonds is 4. The van der Waals surface area contributed by atoms with Crippen LogP contribution in [-0.2, 0) is 0 Å². The number of nitrogens with zero attached hydrogens (tertiary/aromatic N) is 2. The van der Waals surface area contributed by atoms with Crippen LogP contribution in [0, 0.1) is 5.82 Å². The molecule has 2 aromatic carbocycles. The number of carbonyl (C=O) groups excluding carboxylic acids is 2. The number of halogens is 1. The first-order chi connectivity index (χ1) is 16.1. The van der Waals surface area contributed by atoms with E-state index in [-0.39, 0.29) is 23.4 Å². The molecule has 0 unspecified atom stereocenters. The predicted molar refractivity (Wildman–Crippen MR) is 128 cm³/mol. The lowest BCUT2D eigenvalue weighted by molar-refractivity contribution is 0.0694. The monoisotopic (exact) mass is 459 g/mol. The van der Waals surface area contributed by atoms with Crippen LogP contribution in [0.5, 0.6) is 0 Å². The van der Waals surface area contributed by atoms with Gasteiger partial charge in [0.2, 0.25) is 0 Å². The van der Waals surface area contributed by atoms with Crippen molar-refractivity contribution in [3.63, 3.8) is 0 Å². The van der Waals surface area contributed by atoms with Gasteiger partial charge in [0, 0.05) is 24.5 Å². The first kappa shape index (κ1) is 21.3. The molecule has 2 aromatic heterocycles. The van der Waals surface area contributed by atoms with Gasteiger partial charge in [-0.2, -0.15) is 0 Å². The van der Waals surface area contributed by atoms with Gasteiger partial charge in [0.05, 0.1) is 27.2 Å². The first-order valence-corrected chi connectivity index (χ1v) is 11.8. The summed E-state index contributed by atoms with van der Waals surface area (Å²) in [6.07, 6.45) is 1.24. The molecule has 4 aromatic rings. The Hall–Kier alpha value is -3.58. The zero-order chi connectivity index (χ0) is 22.8. The molecule has 0 radical (unpaired) electrons. The molecule has 0 aliphatic carbocycles. The molecule has 0 saturated carbocycles. The fourth-order valence-electron chi connectivity index (χ4n) is 4.21. The van der Waals surface area contributed by atoms with Crippen molar-refractivity contribution >= 4 is 34.1 Å². The smallest absolute Gasteiger partial charge is 0.256 e. The molecule has 1 N–H and O–H groups in total. The zero-order valence-corrected chi connectivity index (χ0v) is 18.6. The molecule has 1 saturated heterocycles. The van der Waals surface area contributed by atoms with Crippen molar-refractivity contribution in [3.05, 3.63) is 89.1 Å². The number of nitrogens with one attached hydrogen (secondary N) is 1. The van der Waals surface area contributed by atoms with Crippen molar-refractivity contribution in [2.75, 3.05) is 13.1 Å². The maximum absolute atomic E-state index is 14.0. The standard InChI is InChI=1S/C26H22FN3O2S/c27-21-8-3-1-7-19(21)26(32)30-13-11-17(12-14-30)28-25(31)20-16-23(24-10-5-15-33-24)29-22-9-4-2-6-18(20)22/h1-10,15-17H,11-14H2,(H,28,31). The lowest BCUT2D eigenvalue weighted by Gasteiger charge is -2.32. The Morgan fingerprint density at radius 1 is 0.970 bits per heavy atom. The number of benzene rings is 2. The summed E-state index contributed by atoms with van der Waals surface area (Å²) in [6, 6.07) is 19.4. The van der Waals surface area contributed by atoms with E-state index in [9.17, 15) is 14.0 Å². The number of piperidine rings is 1. The Morgan fingerprint density at radius 2 is 1.73 bits per heavy atom. The molecule has 5 nitrogen and oxygen atoms in total. The number of amides is 2. The molecule has 1 aliphatic rings. The van der Waals surface area contributed by atoms with E-state index >= 15 is 0 Å². The molecule has 0 bridgehead atoms. The quantitative estimate of drug-likeness (QED) is 0.460. The Bertz CT molecular complexity index is 1310. The molecule has 7 heteroatoms. The summed E-state index contributed by atoms with van der Waals surface area (Å²) in [6.45, 7) is 0.936. The minimum Gasteiger partial charge on any atom is -0.349 e. The van der Waals surface area contributed by atoms with Gasteiger partial charge in [-0.05, 0) is 48.6 Å². The topological polar surface area (TPSA) is 62.3 Å². The lowest BCUT2D eigenvalue weighted by Crippen LogP contribution is -2.46. The van der Waals surface area contributed by atoms with Crippen LogP contribution in [0.3, 0.4) is 0 Å². The third-order valence-electron chi connectivity index (χ3n) is 5.96. The third-order valence-corrected chi connectivity index (χ3v) is 6.85. The summed E-state index contributed by atoms with van der Waals surface area (Å²) in [5.41, 5.74) is 2.23. The molecule has 0 spiro atoms. The molecular weight excluding hydrogens is 437 g/mol. The number of hydrogen-bond acceptors (Lipinski definition) is 4. The fraction of sp³-hybridized carbons (Fsp3) is 0.192. The highest BCUT2D eigenvalue weighted by Crippen LogP contribution is 2.28. The number of hydrogen-bond donors (Lipinski definition) is 1. The molecule has 1 aliphatic heterocycles. The summed E-state index contributed by atoms with van der Waals surface area (Å²) in [5.74, 6) is -0.965. The number of aromatic nitrogens is 1. The van der Waals surface area contributed by atoms with Crippen molar-refractivity contribution in [2.24, 2.45) is 0 Å². The minimum absolute atomic E-state index is 0.0562. The third kappa shape index (κ3) is 4.36. The van der Waals surface area contributed by atoms with Crippen molar-refractivity contribution in [1.82, 2.24) is 15.2 Å². The number of para-hydroxylation sites is 1. The number of thiophene rings is 1. The lowest BCUT2D eigenvalue weighted by atomic mass is 10.0. The second-order valence-electron chi connectivity index (χ2n) is 8.07. The predicted octanol–water partition coefficient (Wildman–Crippen LogP) is 5.14. The summed E-state index contributed by atoms with van der Waals surface area (Å²) in [5, 5.41) is 5.93. The zero-order valence-electron chi connectivity index (χ0n) is 17.8. The average Bonchev–Trinajstić information content (AvgIpc) is 3.39. The van der Waals surface area contributed by atoms with Gasteiger partial charge in [0.25, 0.3) is 11.8 Å². The molecule has 2 amide bonds. The summed E-state index contributed by atoms with van der Waals surface area (Å²) in [4.78, 5) is 33.3. The van der Waals surface area contributed by atoms with Crippen LogP contribution in [0.4, 0.5) is 4.39 Å². The van der Waals surface area contributed by atoms with Gasteiger partial charge in [0.15, 0.2) is 0 Å². The van der Waals surface area contributed by atoms with Gasteiger partial charge in [-0.25, -0.2) is 9.37 Å². The van der Waals surface area contributed by atoms with Crippen molar-refractivity contribution in [3.8, 4) is 10.6 Å². The molecule has 166 valence electrons. The van der Waals surface area contributed by atoms with Crippen LogP contribution < -0.4 is 5.32 Å². The highest BCUT2D eigenvalue weighted by Gasteiger charge is 2.26. The minimum atomic E-state index is -0.510. The maximum Gasteiger partial charge on any atom is 0.256 e. The number of fused-ring (bicyclic) bond motifs is 1. The van der Waals surface area contributed by atoms with Crippen molar-refractivity contribution in [1.29, 1.82) is 0 Å². The first-order valence-electron chi connectivity index (χ1n) is 10.9. The summed E-state index contributed by atoms with van der Waals surface area (Å²) < 4.78 is 14.0. The number of carbonyl (C=O) groups is 2. The van der Waals surface area contributed by atoms with E-state index in [2.05, 4.69) is 5.32 Å². The van der Waals surface area contributed by atoms with Gasteiger partial charge < -0.3 is 10.2 Å². The highest BCUT2D eigenvalue weighted by molar-refractivity contribution is 7.13. The van der Waals surface area contributed by atoms with Crippen LogP contribution in [0.1, 0.15) is 33.6 Å². The molecule has 1 fully saturated rings. The van der Waals surface area contributed by atoms with E-state index in [1.165, 1.54) is 12.1 Å². The van der Waals surface area contributed by atoms with Gasteiger partial charge in [-0.1, -0.05) is 36.4 Å². The molecule has 3 heterocycles. The van der Waals surface area contributed by atoms with Crippen molar-refractivity contribution < 1.29 is 14.0 Å². The van der Waals surface area contributed by atoms with Gasteiger partial charge in [-0.3, -0.25) is 9.59 Å². The highest BCUT2D eigenvalue weighted by atomic mass is 32.1. The Morgan fingerprint density at radius 3 is 2.48 bits per heavy atom. The second-order valence-corrected chi connectivity index (χ2v) is 9.02. The Kier molecular flexibility index (Phi) is 5.88. The van der Waals surface area contributed by atoms with Crippen LogP contribution >= 0.6 is 11.3 Å². The van der Waals surface area contributed by atoms with E-state index < -0.39 is 5.82 Å². The van der Waals surface area contributed by atoms with Crippen LogP contribution in [0.2, 0.25) is 0 Å². The molecular formula is C26H22FN3O2S. The number of pyridine rings is 1. The Labute approximate surface area is 194 Å². The second kappa shape index (κ2) is 9.11. The summed E-state index contributed by atoms with van der Waals surface area (Å²) in [7, 11) is 0. The van der Waals surface area contributed by atoms with Gasteiger partial charge in [-0.15, -0.1) is 11.3 Å². The maximum atomic E-state index is 14.0. The van der Waals surface area contributed by atoms with Crippen LogP contribution in [0.25, 0.3) is 21.5 Å². The van der Waals surface area contributed by atoms with Crippen LogP contribution in [0.15, 0.2) is 72.1 Å². The average molecular weight is 460 g/mol. The van der Waals surface area contributed by atoms with E-state index in [0.717, 1.165) is 21.5 Å². The molecule has 5 rings (SSSR count). The fourth-order valence-corrected chi connectivity index (χ4v) is 4.90.